The SMILES string of the molecule is NC1Nc2ccccc2NC1C1=NCCN1. The minimum atomic E-state index is -0.153. The van der Waals surface area contributed by atoms with Gasteiger partial charge in [-0.15, -0.1) is 0 Å². The van der Waals surface area contributed by atoms with Gasteiger partial charge in [-0.1, -0.05) is 12.1 Å². The number of nitrogens with two attached hydrogens (primary N) is 1. The van der Waals surface area contributed by atoms with Gasteiger partial charge in [-0.2, -0.15) is 0 Å². The highest BCUT2D eigenvalue weighted by Crippen LogP contribution is 2.27. The fourth-order valence-corrected chi connectivity index (χ4v) is 2.12. The number of benzene rings is 1. The summed E-state index contributed by atoms with van der Waals surface area (Å²) in [4.78, 5) is 4.41. The second-order valence-electron chi connectivity index (χ2n) is 4.03. The van der Waals surface area contributed by atoms with Crippen LogP contribution in [-0.2, 0) is 0 Å². The van der Waals surface area contributed by atoms with Gasteiger partial charge >= 0.3 is 0 Å². The van der Waals surface area contributed by atoms with E-state index in [4.69, 9.17) is 5.73 Å². The van der Waals surface area contributed by atoms with Crippen LogP contribution in [-0.4, -0.2) is 31.1 Å². The van der Waals surface area contributed by atoms with E-state index in [1.807, 2.05) is 24.3 Å². The fraction of sp³-hybridized carbons (Fsp3) is 0.364. The number of nitrogens with one attached hydrogen (secondary N) is 3. The van der Waals surface area contributed by atoms with Gasteiger partial charge in [-0.25, -0.2) is 0 Å². The van der Waals surface area contributed by atoms with Crippen molar-refractivity contribution in [3.8, 4) is 0 Å². The van der Waals surface area contributed by atoms with E-state index in [0.717, 1.165) is 30.3 Å². The highest BCUT2D eigenvalue weighted by atomic mass is 15.2. The van der Waals surface area contributed by atoms with Crippen molar-refractivity contribution in [2.45, 2.75) is 12.2 Å². The molecule has 0 saturated carbocycles. The molecule has 84 valence electrons. The zero-order valence-corrected chi connectivity index (χ0v) is 8.90. The summed E-state index contributed by atoms with van der Waals surface area (Å²) in [7, 11) is 0. The van der Waals surface area contributed by atoms with E-state index in [1.54, 1.807) is 0 Å². The number of hydrogen-bond donors (Lipinski definition) is 4. The molecule has 0 aromatic heterocycles. The zero-order valence-electron chi connectivity index (χ0n) is 8.90. The van der Waals surface area contributed by atoms with Crippen molar-refractivity contribution < 1.29 is 0 Å². The van der Waals surface area contributed by atoms with Gasteiger partial charge in [0.25, 0.3) is 0 Å². The summed E-state index contributed by atoms with van der Waals surface area (Å²) >= 11 is 0. The minimum Gasteiger partial charge on any atom is -0.371 e. The Morgan fingerprint density at radius 3 is 2.62 bits per heavy atom. The van der Waals surface area contributed by atoms with Crippen LogP contribution in [0.25, 0.3) is 0 Å². The third-order valence-corrected chi connectivity index (χ3v) is 2.91. The Bertz CT molecular complexity index is 428. The molecular formula is C11H15N5. The van der Waals surface area contributed by atoms with Crippen LogP contribution < -0.4 is 21.7 Å². The largest absolute Gasteiger partial charge is 0.371 e. The number of fused-ring (bicyclic) bond motifs is 1. The number of anilines is 2. The van der Waals surface area contributed by atoms with Gasteiger partial charge in [0.1, 0.15) is 18.0 Å². The summed E-state index contributed by atoms with van der Waals surface area (Å²) in [6, 6.07) is 8.08. The Morgan fingerprint density at radius 2 is 1.94 bits per heavy atom. The van der Waals surface area contributed by atoms with Crippen LogP contribution in [0.1, 0.15) is 0 Å². The molecule has 0 radical (unpaired) electrons. The zero-order chi connectivity index (χ0) is 11.0. The Labute approximate surface area is 94.1 Å². The topological polar surface area (TPSA) is 74.5 Å². The van der Waals surface area contributed by atoms with E-state index >= 15 is 0 Å². The first-order valence-corrected chi connectivity index (χ1v) is 5.50. The number of amidine groups is 1. The van der Waals surface area contributed by atoms with Crippen molar-refractivity contribution >= 4 is 17.2 Å². The van der Waals surface area contributed by atoms with Crippen molar-refractivity contribution in [1.82, 2.24) is 5.32 Å². The van der Waals surface area contributed by atoms with Gasteiger partial charge in [0.05, 0.1) is 17.9 Å². The van der Waals surface area contributed by atoms with Gasteiger partial charge in [0.2, 0.25) is 0 Å². The van der Waals surface area contributed by atoms with E-state index in [-0.39, 0.29) is 12.2 Å². The molecule has 0 spiro atoms. The number of hydrogen-bond acceptors (Lipinski definition) is 5. The standard InChI is InChI=1S/C11H15N5/c12-10-9(11-13-5-6-14-11)15-7-3-1-2-4-8(7)16-10/h1-4,9-10,15-16H,5-6,12H2,(H,13,14). The molecule has 2 atom stereocenters. The summed E-state index contributed by atoms with van der Waals surface area (Å²) in [6.07, 6.45) is -0.153. The number of nitrogens with zero attached hydrogens (tertiary/aromatic N) is 1. The molecule has 1 aromatic rings. The molecule has 3 rings (SSSR count). The van der Waals surface area contributed by atoms with Crippen LogP contribution in [0.3, 0.4) is 0 Å². The molecule has 2 heterocycles. The molecular weight excluding hydrogens is 202 g/mol. The summed E-state index contributed by atoms with van der Waals surface area (Å²) in [5.74, 6) is 0.953. The maximum Gasteiger partial charge on any atom is 0.123 e. The average Bonchev–Trinajstić information content (AvgIpc) is 2.81. The lowest BCUT2D eigenvalue weighted by Crippen LogP contribution is -2.55. The van der Waals surface area contributed by atoms with Crippen molar-refractivity contribution in [3.05, 3.63) is 24.3 Å². The van der Waals surface area contributed by atoms with Gasteiger partial charge in [-0.05, 0) is 12.1 Å². The lowest BCUT2D eigenvalue weighted by molar-refractivity contribution is 0.698. The lowest BCUT2D eigenvalue weighted by atomic mass is 10.1. The Balaban J connectivity index is 1.89. The quantitative estimate of drug-likeness (QED) is 0.541. The van der Waals surface area contributed by atoms with Crippen LogP contribution in [0.5, 0.6) is 0 Å². The number of aliphatic imine (C=N–C) groups is 1. The van der Waals surface area contributed by atoms with E-state index in [2.05, 4.69) is 20.9 Å². The van der Waals surface area contributed by atoms with E-state index < -0.39 is 0 Å². The van der Waals surface area contributed by atoms with Gasteiger partial charge in [0.15, 0.2) is 0 Å². The summed E-state index contributed by atoms with van der Waals surface area (Å²) < 4.78 is 0. The third kappa shape index (κ3) is 1.49. The normalized spacial score (nSPS) is 27.2. The first-order valence-electron chi connectivity index (χ1n) is 5.50. The fourth-order valence-electron chi connectivity index (χ4n) is 2.12. The maximum atomic E-state index is 6.08. The predicted molar refractivity (Wildman–Crippen MR) is 65.8 cm³/mol. The highest BCUT2D eigenvalue weighted by molar-refractivity contribution is 5.94. The van der Waals surface area contributed by atoms with Crippen molar-refractivity contribution in [3.63, 3.8) is 0 Å². The Hall–Kier alpha value is -1.75. The van der Waals surface area contributed by atoms with E-state index in [9.17, 15) is 0 Å². The molecule has 0 fully saturated rings. The first kappa shape index (κ1) is 9.47. The van der Waals surface area contributed by atoms with Crippen LogP contribution in [0.15, 0.2) is 29.3 Å². The Morgan fingerprint density at radius 1 is 1.19 bits per heavy atom. The van der Waals surface area contributed by atoms with Crippen LogP contribution in [0.2, 0.25) is 0 Å². The van der Waals surface area contributed by atoms with E-state index in [1.165, 1.54) is 0 Å². The molecule has 0 bridgehead atoms. The van der Waals surface area contributed by atoms with Gasteiger partial charge < -0.3 is 21.7 Å². The summed E-state index contributed by atoms with van der Waals surface area (Å²) in [5, 5.41) is 9.94. The molecule has 0 amide bonds. The van der Waals surface area contributed by atoms with Crippen LogP contribution in [0.4, 0.5) is 11.4 Å². The number of para-hydroxylation sites is 2. The average molecular weight is 217 g/mol. The molecule has 5 nitrogen and oxygen atoms in total. The predicted octanol–water partition coefficient (Wildman–Crippen LogP) is 0.179. The molecule has 0 saturated heterocycles. The molecule has 2 unspecified atom stereocenters. The molecule has 2 aliphatic heterocycles. The second kappa shape index (κ2) is 3.68. The van der Waals surface area contributed by atoms with Crippen molar-refractivity contribution in [1.29, 1.82) is 0 Å². The molecule has 5 N–H and O–H groups in total. The highest BCUT2D eigenvalue weighted by Gasteiger charge is 2.29. The maximum absolute atomic E-state index is 6.08. The van der Waals surface area contributed by atoms with Crippen molar-refractivity contribution in [2.75, 3.05) is 23.7 Å². The summed E-state index contributed by atoms with van der Waals surface area (Å²) in [5.41, 5.74) is 8.20. The molecule has 1 aromatic carbocycles. The van der Waals surface area contributed by atoms with Crippen LogP contribution in [0, 0.1) is 0 Å². The van der Waals surface area contributed by atoms with Gasteiger partial charge in [-0.3, -0.25) is 4.99 Å². The number of rotatable bonds is 1. The summed E-state index contributed by atoms with van der Waals surface area (Å²) in [6.45, 7) is 1.74. The molecule has 2 aliphatic rings. The molecule has 0 aliphatic carbocycles. The van der Waals surface area contributed by atoms with Gasteiger partial charge in [0, 0.05) is 6.54 Å². The first-order chi connectivity index (χ1) is 7.84. The minimum absolute atomic E-state index is 0.0254. The Kier molecular flexibility index (Phi) is 2.18. The third-order valence-electron chi connectivity index (χ3n) is 2.91. The molecule has 5 heteroatoms. The van der Waals surface area contributed by atoms with Crippen molar-refractivity contribution in [2.24, 2.45) is 10.7 Å². The monoisotopic (exact) mass is 217 g/mol. The molecule has 16 heavy (non-hydrogen) atoms. The van der Waals surface area contributed by atoms with Crippen LogP contribution >= 0.6 is 0 Å². The lowest BCUT2D eigenvalue weighted by Gasteiger charge is -2.33. The van der Waals surface area contributed by atoms with E-state index in [0.29, 0.717) is 0 Å². The smallest absolute Gasteiger partial charge is 0.123 e. The second-order valence-corrected chi connectivity index (χ2v) is 4.03.